The van der Waals surface area contributed by atoms with Gasteiger partial charge in [0.2, 0.25) is 0 Å². The van der Waals surface area contributed by atoms with E-state index in [1.807, 2.05) is 0 Å². The second kappa shape index (κ2) is 7.81. The van der Waals surface area contributed by atoms with Gasteiger partial charge in [-0.05, 0) is 98.2 Å². The van der Waals surface area contributed by atoms with Crippen LogP contribution >= 0.6 is 0 Å². The summed E-state index contributed by atoms with van der Waals surface area (Å²) in [4.78, 5) is 13.0. The first-order valence-electron chi connectivity index (χ1n) is 12.6. The highest BCUT2D eigenvalue weighted by Crippen LogP contribution is 2.67. The van der Waals surface area contributed by atoms with Crippen molar-refractivity contribution in [3.8, 4) is 0 Å². The Balaban J connectivity index is 1.52. The molecule has 3 fully saturated rings. The average molecular weight is 401 g/mol. The van der Waals surface area contributed by atoms with E-state index in [1.165, 1.54) is 32.1 Å². The average Bonchev–Trinajstić information content (AvgIpc) is 3.03. The number of Topliss-reactive ketones (excluding diaryl/α,β-unsaturated/α-hetero) is 1. The summed E-state index contributed by atoms with van der Waals surface area (Å²) in [5.41, 5.74) is 2.23. The van der Waals surface area contributed by atoms with E-state index in [4.69, 9.17) is 0 Å². The third-order valence-corrected chi connectivity index (χ3v) is 10.2. The Labute approximate surface area is 178 Å². The summed E-state index contributed by atoms with van der Waals surface area (Å²) in [6.07, 6.45) is 13.7. The molecule has 2 heteroatoms. The molecule has 164 valence electrons. The maximum Gasteiger partial charge on any atom is 0.136 e. The van der Waals surface area contributed by atoms with E-state index >= 15 is 0 Å². The first-order chi connectivity index (χ1) is 13.7. The fourth-order valence-electron chi connectivity index (χ4n) is 8.39. The van der Waals surface area contributed by atoms with Crippen LogP contribution in [0.25, 0.3) is 0 Å². The van der Waals surface area contributed by atoms with Crippen molar-refractivity contribution in [2.45, 2.75) is 105 Å². The van der Waals surface area contributed by atoms with Crippen LogP contribution in [0.5, 0.6) is 0 Å². The number of carbonyl (C=O) groups excluding carboxylic acids is 1. The summed E-state index contributed by atoms with van der Waals surface area (Å²) in [5, 5.41) is 10.2. The Bertz CT molecular complexity index is 663. The predicted molar refractivity (Wildman–Crippen MR) is 119 cm³/mol. The van der Waals surface area contributed by atoms with Gasteiger partial charge in [-0.25, -0.2) is 0 Å². The van der Waals surface area contributed by atoms with Crippen molar-refractivity contribution in [1.82, 2.24) is 0 Å². The van der Waals surface area contributed by atoms with Gasteiger partial charge in [0.25, 0.3) is 0 Å². The van der Waals surface area contributed by atoms with E-state index in [1.54, 1.807) is 5.57 Å². The van der Waals surface area contributed by atoms with Crippen LogP contribution in [0.3, 0.4) is 0 Å². The standard InChI is InChI=1S/C27H44O2/c1-17(2)6-11-25(29)18(3)22-9-10-23-21-8-7-19-16-20(28)12-14-26(19,4)24(21)13-15-27(22,23)5/h7,17-18,20-24,28H,6,8-16H2,1-5H3/t18?,20-,21-,22+,23-,24-,26-,27+/m0/s1. The van der Waals surface area contributed by atoms with Gasteiger partial charge in [0, 0.05) is 12.3 Å². The van der Waals surface area contributed by atoms with Gasteiger partial charge in [0.15, 0.2) is 0 Å². The highest BCUT2D eigenvalue weighted by Gasteiger charge is 2.59. The second-order valence-electron chi connectivity index (χ2n) is 12.1. The lowest BCUT2D eigenvalue weighted by Crippen LogP contribution is -2.51. The minimum atomic E-state index is -0.117. The molecule has 0 aliphatic heterocycles. The largest absolute Gasteiger partial charge is 0.393 e. The Morgan fingerprint density at radius 2 is 1.86 bits per heavy atom. The Kier molecular flexibility index (Phi) is 5.82. The molecule has 1 N–H and O–H groups in total. The van der Waals surface area contributed by atoms with Crippen LogP contribution in [0.2, 0.25) is 0 Å². The van der Waals surface area contributed by atoms with Crippen LogP contribution in [0.4, 0.5) is 0 Å². The zero-order valence-electron chi connectivity index (χ0n) is 19.5. The molecule has 1 unspecified atom stereocenters. The monoisotopic (exact) mass is 400 g/mol. The third kappa shape index (κ3) is 3.56. The number of hydrogen-bond donors (Lipinski definition) is 1. The van der Waals surface area contributed by atoms with E-state index in [2.05, 4.69) is 40.7 Å². The Morgan fingerprint density at radius 3 is 2.59 bits per heavy atom. The van der Waals surface area contributed by atoms with Crippen molar-refractivity contribution in [2.75, 3.05) is 0 Å². The molecule has 0 radical (unpaired) electrons. The number of aliphatic hydroxyl groups excluding tert-OH is 1. The highest BCUT2D eigenvalue weighted by molar-refractivity contribution is 5.81. The fourth-order valence-corrected chi connectivity index (χ4v) is 8.39. The number of aliphatic hydroxyl groups is 1. The number of rotatable bonds is 5. The van der Waals surface area contributed by atoms with E-state index < -0.39 is 0 Å². The first-order valence-corrected chi connectivity index (χ1v) is 12.6. The van der Waals surface area contributed by atoms with E-state index in [0.29, 0.717) is 28.4 Å². The van der Waals surface area contributed by atoms with Gasteiger partial charge in [0.05, 0.1) is 6.10 Å². The molecule has 8 atom stereocenters. The molecule has 0 bridgehead atoms. The molecule has 4 rings (SSSR count). The molecule has 29 heavy (non-hydrogen) atoms. The SMILES string of the molecule is CC(C)CCC(=O)C(C)[C@H]1CC[C@H]2[C@@H]3CC=C4C[C@@H](O)CC[C@]4(C)[C@H]3CC[C@]12C. The number of hydrogen-bond acceptors (Lipinski definition) is 2. The molecular formula is C27H44O2. The van der Waals surface area contributed by atoms with Crippen LogP contribution in [-0.4, -0.2) is 17.0 Å². The van der Waals surface area contributed by atoms with Gasteiger partial charge in [-0.1, -0.05) is 46.3 Å². The van der Waals surface area contributed by atoms with Crippen molar-refractivity contribution in [1.29, 1.82) is 0 Å². The quantitative estimate of drug-likeness (QED) is 0.530. The number of allylic oxidation sites excluding steroid dienone is 1. The van der Waals surface area contributed by atoms with Crippen molar-refractivity contribution < 1.29 is 9.90 Å². The number of carbonyl (C=O) groups is 1. The summed E-state index contributed by atoms with van der Waals surface area (Å²) in [7, 11) is 0. The number of ketones is 1. The van der Waals surface area contributed by atoms with Crippen molar-refractivity contribution in [3.05, 3.63) is 11.6 Å². The number of fused-ring (bicyclic) bond motifs is 5. The molecule has 4 aliphatic rings. The van der Waals surface area contributed by atoms with Crippen LogP contribution in [0.1, 0.15) is 98.8 Å². The molecule has 0 aromatic heterocycles. The molecule has 0 spiro atoms. The molecular weight excluding hydrogens is 356 g/mol. The molecule has 0 saturated heterocycles. The van der Waals surface area contributed by atoms with Crippen molar-refractivity contribution >= 4 is 5.78 Å². The summed E-state index contributed by atoms with van der Waals surface area (Å²) >= 11 is 0. The van der Waals surface area contributed by atoms with Crippen LogP contribution in [0, 0.1) is 46.3 Å². The normalized spacial score (nSPS) is 45.2. The lowest BCUT2D eigenvalue weighted by molar-refractivity contribution is -0.127. The molecule has 0 heterocycles. The van der Waals surface area contributed by atoms with Gasteiger partial charge in [-0.15, -0.1) is 0 Å². The van der Waals surface area contributed by atoms with Crippen molar-refractivity contribution in [2.24, 2.45) is 46.3 Å². The topological polar surface area (TPSA) is 37.3 Å². The Morgan fingerprint density at radius 1 is 1.10 bits per heavy atom. The zero-order chi connectivity index (χ0) is 21.0. The van der Waals surface area contributed by atoms with Gasteiger partial charge in [-0.3, -0.25) is 4.79 Å². The maximum atomic E-state index is 13.0. The molecule has 0 aromatic carbocycles. The van der Waals surface area contributed by atoms with E-state index in [0.717, 1.165) is 49.9 Å². The molecule has 2 nitrogen and oxygen atoms in total. The smallest absolute Gasteiger partial charge is 0.136 e. The summed E-state index contributed by atoms with van der Waals surface area (Å²) < 4.78 is 0. The van der Waals surface area contributed by atoms with Crippen LogP contribution in [0.15, 0.2) is 11.6 Å². The minimum Gasteiger partial charge on any atom is -0.393 e. The van der Waals surface area contributed by atoms with Gasteiger partial charge in [0.1, 0.15) is 5.78 Å². The molecule has 4 aliphatic carbocycles. The van der Waals surface area contributed by atoms with E-state index in [9.17, 15) is 9.90 Å². The lowest BCUT2D eigenvalue weighted by atomic mass is 9.47. The van der Waals surface area contributed by atoms with Gasteiger partial charge in [-0.2, -0.15) is 0 Å². The highest BCUT2D eigenvalue weighted by atomic mass is 16.3. The molecule has 0 amide bonds. The molecule has 3 saturated carbocycles. The van der Waals surface area contributed by atoms with Gasteiger partial charge >= 0.3 is 0 Å². The summed E-state index contributed by atoms with van der Waals surface area (Å²) in [6, 6.07) is 0. The van der Waals surface area contributed by atoms with Gasteiger partial charge < -0.3 is 5.11 Å². The van der Waals surface area contributed by atoms with E-state index in [-0.39, 0.29) is 12.0 Å². The van der Waals surface area contributed by atoms with Crippen LogP contribution in [-0.2, 0) is 4.79 Å². The minimum absolute atomic E-state index is 0.117. The first kappa shape index (κ1) is 21.6. The fraction of sp³-hybridized carbons (Fsp3) is 0.889. The maximum absolute atomic E-state index is 13.0. The molecule has 0 aromatic rings. The second-order valence-corrected chi connectivity index (χ2v) is 12.1. The predicted octanol–water partition coefficient (Wildman–Crippen LogP) is 6.57. The van der Waals surface area contributed by atoms with Crippen molar-refractivity contribution in [3.63, 3.8) is 0 Å². The van der Waals surface area contributed by atoms with Crippen LogP contribution < -0.4 is 0 Å². The zero-order valence-corrected chi connectivity index (χ0v) is 19.5. The summed E-state index contributed by atoms with van der Waals surface area (Å²) in [5.74, 6) is 4.32. The summed E-state index contributed by atoms with van der Waals surface area (Å²) in [6.45, 7) is 11.7. The third-order valence-electron chi connectivity index (χ3n) is 10.2. The Hall–Kier alpha value is -0.630. The lowest BCUT2D eigenvalue weighted by Gasteiger charge is -2.58.